The Labute approximate surface area is 106 Å². The first-order valence-corrected chi connectivity index (χ1v) is 5.46. The van der Waals surface area contributed by atoms with Gasteiger partial charge in [0.2, 0.25) is 6.43 Å². The Bertz CT molecular complexity index is 468. The topological polar surface area (TPSA) is 122 Å². The van der Waals surface area contributed by atoms with Crippen molar-refractivity contribution in [3.8, 4) is 0 Å². The van der Waals surface area contributed by atoms with Gasteiger partial charge in [-0.1, -0.05) is 0 Å². The van der Waals surface area contributed by atoms with Crippen LogP contribution in [0.15, 0.2) is 17.1 Å². The number of nitrogens with two attached hydrogens (primary N) is 1. The molecule has 0 fully saturated rings. The van der Waals surface area contributed by atoms with Crippen molar-refractivity contribution in [1.82, 2.24) is 9.55 Å². The number of aliphatic hydroxyl groups is 3. The van der Waals surface area contributed by atoms with Gasteiger partial charge in [0.15, 0.2) is 0 Å². The standard InChI is InChI=1S/C10H15F2N3O4/c11-9(12)5(4-16)6(17)3-8(18)15-2-1-7(13)14-10(15)19/h1-2,5-6,8-9,16-18H,3-4H2,(H2,13,14,19)/t5-,6-,8+/m0/s1. The molecule has 0 aromatic carbocycles. The van der Waals surface area contributed by atoms with Crippen LogP contribution in [0, 0.1) is 5.92 Å². The molecule has 0 unspecified atom stereocenters. The SMILES string of the molecule is Nc1ccn([C@H](O)C[C@H](O)[C@H](CO)C(F)F)c(=O)n1. The second-order valence-corrected chi connectivity index (χ2v) is 4.01. The van der Waals surface area contributed by atoms with E-state index in [1.54, 1.807) is 0 Å². The number of hydrogen-bond donors (Lipinski definition) is 4. The fourth-order valence-electron chi connectivity index (χ4n) is 1.53. The summed E-state index contributed by atoms with van der Waals surface area (Å²) in [4.78, 5) is 14.7. The van der Waals surface area contributed by atoms with Gasteiger partial charge in [-0.3, -0.25) is 4.57 Å². The van der Waals surface area contributed by atoms with Crippen LogP contribution < -0.4 is 11.4 Å². The maximum atomic E-state index is 12.4. The summed E-state index contributed by atoms with van der Waals surface area (Å²) >= 11 is 0. The zero-order valence-corrected chi connectivity index (χ0v) is 9.86. The van der Waals surface area contributed by atoms with Crippen molar-refractivity contribution >= 4 is 5.82 Å². The van der Waals surface area contributed by atoms with E-state index in [2.05, 4.69) is 4.98 Å². The molecule has 0 aliphatic rings. The van der Waals surface area contributed by atoms with Crippen LogP contribution in [0.2, 0.25) is 0 Å². The summed E-state index contributed by atoms with van der Waals surface area (Å²) in [6.07, 6.45) is -5.54. The molecule has 0 amide bonds. The molecule has 19 heavy (non-hydrogen) atoms. The lowest BCUT2D eigenvalue weighted by molar-refractivity contribution is -0.0617. The summed E-state index contributed by atoms with van der Waals surface area (Å²) in [6.45, 7) is -0.930. The molecule has 0 saturated heterocycles. The van der Waals surface area contributed by atoms with Crippen LogP contribution in [0.25, 0.3) is 0 Å². The lowest BCUT2D eigenvalue weighted by atomic mass is 10.0. The summed E-state index contributed by atoms with van der Waals surface area (Å²) in [5.41, 5.74) is 4.39. The molecule has 0 aliphatic heterocycles. The Morgan fingerprint density at radius 2 is 2.05 bits per heavy atom. The van der Waals surface area contributed by atoms with E-state index in [4.69, 9.17) is 10.8 Å². The number of alkyl halides is 2. The van der Waals surface area contributed by atoms with Gasteiger partial charge < -0.3 is 21.1 Å². The molecule has 5 N–H and O–H groups in total. The van der Waals surface area contributed by atoms with E-state index in [1.165, 1.54) is 6.07 Å². The minimum atomic E-state index is -2.94. The lowest BCUT2D eigenvalue weighted by Crippen LogP contribution is -2.35. The summed E-state index contributed by atoms with van der Waals surface area (Å²) in [6, 6.07) is 1.24. The highest BCUT2D eigenvalue weighted by Crippen LogP contribution is 2.20. The number of aliphatic hydroxyl groups excluding tert-OH is 3. The minimum absolute atomic E-state index is 0.0465. The van der Waals surface area contributed by atoms with Crippen LogP contribution in [-0.2, 0) is 0 Å². The summed E-state index contributed by atoms with van der Waals surface area (Å²) in [5.74, 6) is -1.73. The summed E-state index contributed by atoms with van der Waals surface area (Å²) in [5, 5.41) is 27.9. The highest BCUT2D eigenvalue weighted by atomic mass is 19.3. The first-order valence-electron chi connectivity index (χ1n) is 5.46. The molecule has 0 radical (unpaired) electrons. The van der Waals surface area contributed by atoms with E-state index in [0.29, 0.717) is 0 Å². The number of hydrogen-bond acceptors (Lipinski definition) is 6. The maximum absolute atomic E-state index is 12.4. The van der Waals surface area contributed by atoms with Crippen molar-refractivity contribution in [2.24, 2.45) is 5.92 Å². The highest BCUT2D eigenvalue weighted by molar-refractivity contribution is 5.23. The molecule has 1 heterocycles. The third kappa shape index (κ3) is 3.94. The molecule has 0 spiro atoms. The van der Waals surface area contributed by atoms with Crippen LogP contribution in [0.5, 0.6) is 0 Å². The number of halogens is 2. The van der Waals surface area contributed by atoms with E-state index in [9.17, 15) is 23.8 Å². The van der Waals surface area contributed by atoms with Crippen molar-refractivity contribution in [2.75, 3.05) is 12.3 Å². The molecule has 1 aromatic heterocycles. The third-order valence-electron chi connectivity index (χ3n) is 2.65. The van der Waals surface area contributed by atoms with Gasteiger partial charge in [0.05, 0.1) is 18.6 Å². The summed E-state index contributed by atoms with van der Waals surface area (Å²) < 4.78 is 25.6. The Hall–Kier alpha value is -1.58. The molecule has 9 heteroatoms. The second-order valence-electron chi connectivity index (χ2n) is 4.01. The van der Waals surface area contributed by atoms with Gasteiger partial charge in [-0.2, -0.15) is 4.98 Å². The Balaban J connectivity index is 2.79. The Kier molecular flexibility index (Phi) is 5.33. The average molecular weight is 279 g/mol. The third-order valence-corrected chi connectivity index (χ3v) is 2.65. The van der Waals surface area contributed by atoms with Crippen LogP contribution in [0.1, 0.15) is 12.6 Å². The molecule has 0 bridgehead atoms. The van der Waals surface area contributed by atoms with Crippen molar-refractivity contribution in [2.45, 2.75) is 25.2 Å². The summed E-state index contributed by atoms with van der Waals surface area (Å²) in [7, 11) is 0. The fourth-order valence-corrected chi connectivity index (χ4v) is 1.53. The molecular weight excluding hydrogens is 264 g/mol. The zero-order valence-electron chi connectivity index (χ0n) is 9.86. The number of anilines is 1. The van der Waals surface area contributed by atoms with Crippen LogP contribution in [0.4, 0.5) is 14.6 Å². The zero-order chi connectivity index (χ0) is 14.6. The average Bonchev–Trinajstić information content (AvgIpc) is 2.28. The van der Waals surface area contributed by atoms with E-state index in [1.807, 2.05) is 0 Å². The Morgan fingerprint density at radius 1 is 1.42 bits per heavy atom. The smallest absolute Gasteiger partial charge is 0.351 e. The number of rotatable bonds is 6. The van der Waals surface area contributed by atoms with Gasteiger partial charge in [-0.05, 0) is 6.07 Å². The Morgan fingerprint density at radius 3 is 2.53 bits per heavy atom. The van der Waals surface area contributed by atoms with E-state index >= 15 is 0 Å². The fraction of sp³-hybridized carbons (Fsp3) is 0.600. The minimum Gasteiger partial charge on any atom is -0.396 e. The molecule has 3 atom stereocenters. The molecule has 7 nitrogen and oxygen atoms in total. The predicted octanol–water partition coefficient (Wildman–Crippen LogP) is -1.06. The number of nitrogen functional groups attached to an aromatic ring is 1. The van der Waals surface area contributed by atoms with Gasteiger partial charge in [-0.25, -0.2) is 13.6 Å². The van der Waals surface area contributed by atoms with Crippen molar-refractivity contribution < 1.29 is 24.1 Å². The molecule has 0 saturated carbocycles. The van der Waals surface area contributed by atoms with Gasteiger partial charge in [0.1, 0.15) is 12.0 Å². The maximum Gasteiger partial charge on any atom is 0.351 e. The quantitative estimate of drug-likeness (QED) is 0.526. The van der Waals surface area contributed by atoms with E-state index in [-0.39, 0.29) is 5.82 Å². The second kappa shape index (κ2) is 6.55. The first-order chi connectivity index (χ1) is 8.86. The van der Waals surface area contributed by atoms with Crippen LogP contribution in [-0.4, -0.2) is 44.0 Å². The molecule has 108 valence electrons. The first kappa shape index (κ1) is 15.5. The van der Waals surface area contributed by atoms with Crippen molar-refractivity contribution in [3.05, 3.63) is 22.7 Å². The number of aromatic nitrogens is 2. The van der Waals surface area contributed by atoms with Gasteiger partial charge in [0, 0.05) is 12.6 Å². The normalized spacial score (nSPS) is 16.3. The molecule has 0 aliphatic carbocycles. The van der Waals surface area contributed by atoms with E-state index in [0.717, 1.165) is 10.8 Å². The van der Waals surface area contributed by atoms with Crippen molar-refractivity contribution in [1.29, 1.82) is 0 Å². The van der Waals surface area contributed by atoms with Gasteiger partial charge in [0.25, 0.3) is 0 Å². The highest BCUT2D eigenvalue weighted by Gasteiger charge is 2.30. The van der Waals surface area contributed by atoms with Crippen LogP contribution in [0.3, 0.4) is 0 Å². The van der Waals surface area contributed by atoms with Crippen molar-refractivity contribution in [3.63, 3.8) is 0 Å². The molecular formula is C10H15F2N3O4. The van der Waals surface area contributed by atoms with Crippen LogP contribution >= 0.6 is 0 Å². The monoisotopic (exact) mass is 279 g/mol. The van der Waals surface area contributed by atoms with Gasteiger partial charge >= 0.3 is 5.69 Å². The number of nitrogens with zero attached hydrogens (tertiary/aromatic N) is 2. The predicted molar refractivity (Wildman–Crippen MR) is 61.4 cm³/mol. The van der Waals surface area contributed by atoms with E-state index < -0.39 is 43.4 Å². The largest absolute Gasteiger partial charge is 0.396 e. The molecule has 1 aromatic rings. The molecule has 1 rings (SSSR count). The van der Waals surface area contributed by atoms with Gasteiger partial charge in [-0.15, -0.1) is 0 Å². The lowest BCUT2D eigenvalue weighted by Gasteiger charge is -2.23.